The lowest BCUT2D eigenvalue weighted by Gasteiger charge is -2.34. The number of nitrogens with one attached hydrogen (secondary N) is 1. The van der Waals surface area contributed by atoms with E-state index in [1.807, 2.05) is 24.3 Å². The number of piperidine rings is 1. The Labute approximate surface area is 144 Å². The monoisotopic (exact) mass is 332 g/mol. The smallest absolute Gasteiger partial charge is 0.217 e. The molecule has 24 heavy (non-hydrogen) atoms. The summed E-state index contributed by atoms with van der Waals surface area (Å²) in [6.45, 7) is 5.29. The van der Waals surface area contributed by atoms with Crippen LogP contribution in [-0.4, -0.2) is 43.5 Å². The Kier molecular flexibility index (Phi) is 6.90. The second-order valence-corrected chi connectivity index (χ2v) is 6.14. The molecule has 0 aliphatic carbocycles. The Morgan fingerprint density at radius 2 is 2.17 bits per heavy atom. The number of primary amides is 1. The van der Waals surface area contributed by atoms with Crippen LogP contribution in [0, 0.1) is 5.92 Å². The van der Waals surface area contributed by atoms with E-state index >= 15 is 0 Å². The van der Waals surface area contributed by atoms with Crippen molar-refractivity contribution in [3.63, 3.8) is 0 Å². The molecule has 1 fully saturated rings. The van der Waals surface area contributed by atoms with Gasteiger partial charge in [0.2, 0.25) is 5.91 Å². The third-order valence-electron chi connectivity index (χ3n) is 4.21. The predicted molar refractivity (Wildman–Crippen MR) is 95.9 cm³/mol. The van der Waals surface area contributed by atoms with Crippen molar-refractivity contribution < 1.29 is 9.53 Å². The molecule has 0 bridgehead atoms. The first-order valence-corrected chi connectivity index (χ1v) is 8.56. The molecule has 0 radical (unpaired) electrons. The topological polar surface area (TPSA) is 80.0 Å². The van der Waals surface area contributed by atoms with E-state index in [2.05, 4.69) is 17.1 Å². The first-order chi connectivity index (χ1) is 11.6. The number of nitrogens with two attached hydrogens (primary N) is 1. The zero-order valence-corrected chi connectivity index (χ0v) is 14.6. The summed E-state index contributed by atoms with van der Waals surface area (Å²) in [5.74, 6) is 1.85. The van der Waals surface area contributed by atoms with Gasteiger partial charge in [0.05, 0.1) is 13.7 Å². The van der Waals surface area contributed by atoms with Crippen LogP contribution in [0.1, 0.15) is 31.7 Å². The number of carbonyl (C=O) groups excluding carboxylic acids is 1. The van der Waals surface area contributed by atoms with E-state index in [4.69, 9.17) is 15.5 Å². The zero-order chi connectivity index (χ0) is 17.4. The van der Waals surface area contributed by atoms with Crippen LogP contribution in [-0.2, 0) is 11.3 Å². The molecular weight excluding hydrogens is 304 g/mol. The Morgan fingerprint density at radius 1 is 1.42 bits per heavy atom. The average molecular weight is 332 g/mol. The Bertz CT molecular complexity index is 557. The Hall–Kier alpha value is -2.24. The van der Waals surface area contributed by atoms with Gasteiger partial charge in [-0.1, -0.05) is 12.1 Å². The lowest BCUT2D eigenvalue weighted by Crippen LogP contribution is -2.47. The summed E-state index contributed by atoms with van der Waals surface area (Å²) < 4.78 is 5.18. The summed E-state index contributed by atoms with van der Waals surface area (Å²) in [5, 5.41) is 3.35. The summed E-state index contributed by atoms with van der Waals surface area (Å²) >= 11 is 0. The fraction of sp³-hybridized carbons (Fsp3) is 0.556. The average Bonchev–Trinajstić information content (AvgIpc) is 2.58. The number of carbonyl (C=O) groups is 1. The number of methoxy groups -OCH3 is 1. The molecule has 1 aliphatic rings. The molecule has 1 saturated heterocycles. The molecular formula is C18H28N4O2. The van der Waals surface area contributed by atoms with E-state index < -0.39 is 0 Å². The molecule has 1 heterocycles. The van der Waals surface area contributed by atoms with Crippen LogP contribution in [0.4, 0.5) is 0 Å². The van der Waals surface area contributed by atoms with Crippen LogP contribution >= 0.6 is 0 Å². The van der Waals surface area contributed by atoms with E-state index in [-0.39, 0.29) is 5.91 Å². The van der Waals surface area contributed by atoms with Gasteiger partial charge in [0.1, 0.15) is 5.75 Å². The van der Waals surface area contributed by atoms with Crippen molar-refractivity contribution in [2.24, 2.45) is 16.6 Å². The highest BCUT2D eigenvalue weighted by Crippen LogP contribution is 2.19. The molecule has 1 aromatic carbocycles. The summed E-state index contributed by atoms with van der Waals surface area (Å²) in [6.07, 6.45) is 2.57. The molecule has 0 aromatic heterocycles. The maximum Gasteiger partial charge on any atom is 0.217 e. The molecule has 1 amide bonds. The third-order valence-corrected chi connectivity index (χ3v) is 4.21. The first kappa shape index (κ1) is 18.1. The second-order valence-electron chi connectivity index (χ2n) is 6.14. The van der Waals surface area contributed by atoms with Gasteiger partial charge in [0.25, 0.3) is 0 Å². The van der Waals surface area contributed by atoms with Crippen LogP contribution in [0.15, 0.2) is 29.3 Å². The van der Waals surface area contributed by atoms with E-state index in [1.54, 1.807) is 7.11 Å². The van der Waals surface area contributed by atoms with Crippen LogP contribution in [0.5, 0.6) is 5.75 Å². The normalized spacial score (nSPS) is 18.3. The van der Waals surface area contributed by atoms with Crippen molar-refractivity contribution in [3.05, 3.63) is 29.8 Å². The van der Waals surface area contributed by atoms with Gasteiger partial charge in [-0.3, -0.25) is 4.79 Å². The number of ether oxygens (including phenoxy) is 1. The third kappa shape index (κ3) is 5.44. The maximum atomic E-state index is 11.2. The highest BCUT2D eigenvalue weighted by atomic mass is 16.5. The van der Waals surface area contributed by atoms with Gasteiger partial charge >= 0.3 is 0 Å². The number of nitrogens with zero attached hydrogens (tertiary/aromatic N) is 2. The quantitative estimate of drug-likeness (QED) is 0.614. The molecule has 1 unspecified atom stereocenters. The molecule has 1 aromatic rings. The van der Waals surface area contributed by atoms with Gasteiger partial charge in [0, 0.05) is 26.1 Å². The van der Waals surface area contributed by atoms with Crippen molar-refractivity contribution in [3.8, 4) is 5.75 Å². The molecule has 2 rings (SSSR count). The molecule has 3 N–H and O–H groups in total. The summed E-state index contributed by atoms with van der Waals surface area (Å²) in [7, 11) is 1.66. The Balaban J connectivity index is 2.02. The van der Waals surface area contributed by atoms with Gasteiger partial charge < -0.3 is 20.7 Å². The van der Waals surface area contributed by atoms with Crippen molar-refractivity contribution in [2.75, 3.05) is 26.7 Å². The molecule has 0 saturated carbocycles. The molecule has 0 spiro atoms. The van der Waals surface area contributed by atoms with Crippen LogP contribution in [0.3, 0.4) is 0 Å². The predicted octanol–water partition coefficient (Wildman–Crippen LogP) is 1.75. The van der Waals surface area contributed by atoms with E-state index in [9.17, 15) is 4.79 Å². The molecule has 1 atom stereocenters. The van der Waals surface area contributed by atoms with Gasteiger partial charge in [-0.25, -0.2) is 4.99 Å². The number of likely N-dealkylation sites (tertiary alicyclic amines) is 1. The number of amides is 1. The van der Waals surface area contributed by atoms with E-state index in [1.165, 1.54) is 0 Å². The van der Waals surface area contributed by atoms with Gasteiger partial charge in [-0.2, -0.15) is 0 Å². The van der Waals surface area contributed by atoms with Gasteiger partial charge in [0.15, 0.2) is 5.96 Å². The van der Waals surface area contributed by atoms with Crippen molar-refractivity contribution in [2.45, 2.75) is 32.7 Å². The standard InChI is InChI=1S/C18H28N4O2/c1-3-20-18(21-12-14-6-8-16(24-2)9-7-14)22-10-4-5-15(13-22)11-17(19)23/h6-9,15H,3-5,10-13H2,1-2H3,(H2,19,23)(H,20,21). The fourth-order valence-electron chi connectivity index (χ4n) is 3.03. The van der Waals surface area contributed by atoms with E-state index in [0.29, 0.717) is 18.9 Å². The van der Waals surface area contributed by atoms with E-state index in [0.717, 1.165) is 49.7 Å². The lowest BCUT2D eigenvalue weighted by molar-refractivity contribution is -0.119. The highest BCUT2D eigenvalue weighted by Gasteiger charge is 2.23. The van der Waals surface area contributed by atoms with Gasteiger partial charge in [-0.15, -0.1) is 0 Å². The minimum Gasteiger partial charge on any atom is -0.497 e. The maximum absolute atomic E-state index is 11.2. The zero-order valence-electron chi connectivity index (χ0n) is 14.6. The number of aliphatic imine (C=N–C) groups is 1. The molecule has 1 aliphatic heterocycles. The summed E-state index contributed by atoms with van der Waals surface area (Å²) in [6, 6.07) is 7.94. The van der Waals surface area contributed by atoms with Crippen molar-refractivity contribution in [1.82, 2.24) is 10.2 Å². The minimum absolute atomic E-state index is 0.220. The minimum atomic E-state index is -0.220. The lowest BCUT2D eigenvalue weighted by atomic mass is 9.95. The second kappa shape index (κ2) is 9.15. The van der Waals surface area contributed by atoms with Crippen molar-refractivity contribution in [1.29, 1.82) is 0 Å². The van der Waals surface area contributed by atoms with Crippen LogP contribution in [0.25, 0.3) is 0 Å². The molecule has 132 valence electrons. The van der Waals surface area contributed by atoms with Crippen LogP contribution < -0.4 is 15.8 Å². The highest BCUT2D eigenvalue weighted by molar-refractivity contribution is 5.80. The largest absolute Gasteiger partial charge is 0.497 e. The number of rotatable bonds is 6. The number of benzene rings is 1. The summed E-state index contributed by atoms with van der Waals surface area (Å²) in [4.78, 5) is 18.2. The van der Waals surface area contributed by atoms with Crippen molar-refractivity contribution >= 4 is 11.9 Å². The number of hydrogen-bond acceptors (Lipinski definition) is 3. The number of hydrogen-bond donors (Lipinski definition) is 2. The first-order valence-electron chi connectivity index (χ1n) is 8.56. The fourth-order valence-corrected chi connectivity index (χ4v) is 3.03. The Morgan fingerprint density at radius 3 is 2.79 bits per heavy atom. The van der Waals surface area contributed by atoms with Crippen LogP contribution in [0.2, 0.25) is 0 Å². The SMILES string of the molecule is CCNC(=NCc1ccc(OC)cc1)N1CCCC(CC(N)=O)C1. The molecule has 6 heteroatoms. The summed E-state index contributed by atoms with van der Waals surface area (Å²) in [5.41, 5.74) is 6.48. The van der Waals surface area contributed by atoms with Gasteiger partial charge in [-0.05, 0) is 43.4 Å². The molecule has 6 nitrogen and oxygen atoms in total. The number of guanidine groups is 1.